The molecule has 0 fully saturated rings. The SMILES string of the molecule is Cc1cccc(C(NN)c2ccc(Br)o2)c1. The van der Waals surface area contributed by atoms with Gasteiger partial charge in [-0.05, 0) is 40.5 Å². The lowest BCUT2D eigenvalue weighted by Crippen LogP contribution is -2.28. The van der Waals surface area contributed by atoms with Crippen molar-refractivity contribution in [2.45, 2.75) is 13.0 Å². The highest BCUT2D eigenvalue weighted by Gasteiger charge is 2.15. The zero-order valence-electron chi connectivity index (χ0n) is 8.91. The van der Waals surface area contributed by atoms with Gasteiger partial charge in [0.2, 0.25) is 0 Å². The third-order valence-corrected chi connectivity index (χ3v) is 2.85. The van der Waals surface area contributed by atoms with Crippen LogP contribution in [0.15, 0.2) is 45.5 Å². The van der Waals surface area contributed by atoms with Crippen LogP contribution >= 0.6 is 15.9 Å². The van der Waals surface area contributed by atoms with Crippen LogP contribution in [0.1, 0.15) is 22.9 Å². The molecule has 0 saturated carbocycles. The number of halogens is 1. The standard InChI is InChI=1S/C12H13BrN2O/c1-8-3-2-4-9(7-8)12(15-14)10-5-6-11(13)16-10/h2-7,12,15H,14H2,1H3. The molecule has 84 valence electrons. The third kappa shape index (κ3) is 2.35. The van der Waals surface area contributed by atoms with Crippen LogP contribution < -0.4 is 11.3 Å². The van der Waals surface area contributed by atoms with E-state index in [-0.39, 0.29) is 6.04 Å². The summed E-state index contributed by atoms with van der Waals surface area (Å²) in [5, 5.41) is 0. The van der Waals surface area contributed by atoms with Crippen LogP contribution in [0.2, 0.25) is 0 Å². The first-order chi connectivity index (χ1) is 7.70. The summed E-state index contributed by atoms with van der Waals surface area (Å²) in [6.07, 6.45) is 0. The molecule has 2 aromatic rings. The Morgan fingerprint density at radius 2 is 2.12 bits per heavy atom. The van der Waals surface area contributed by atoms with Crippen molar-refractivity contribution in [3.63, 3.8) is 0 Å². The molecule has 0 spiro atoms. The van der Waals surface area contributed by atoms with E-state index in [1.807, 2.05) is 24.3 Å². The second-order valence-corrected chi connectivity index (χ2v) is 4.44. The smallest absolute Gasteiger partial charge is 0.169 e. The molecule has 0 aliphatic rings. The van der Waals surface area contributed by atoms with Crippen molar-refractivity contribution in [2.24, 2.45) is 5.84 Å². The fourth-order valence-corrected chi connectivity index (χ4v) is 1.99. The molecule has 0 amide bonds. The maximum absolute atomic E-state index is 5.57. The fraction of sp³-hybridized carbons (Fsp3) is 0.167. The van der Waals surface area contributed by atoms with Gasteiger partial charge in [0.1, 0.15) is 11.8 Å². The van der Waals surface area contributed by atoms with Crippen molar-refractivity contribution < 1.29 is 4.42 Å². The first kappa shape index (κ1) is 11.4. The molecule has 0 saturated heterocycles. The van der Waals surface area contributed by atoms with Crippen LogP contribution in [-0.4, -0.2) is 0 Å². The summed E-state index contributed by atoms with van der Waals surface area (Å²) in [6.45, 7) is 2.05. The van der Waals surface area contributed by atoms with Crippen LogP contribution in [-0.2, 0) is 0 Å². The van der Waals surface area contributed by atoms with E-state index >= 15 is 0 Å². The van der Waals surface area contributed by atoms with Gasteiger partial charge in [0, 0.05) is 0 Å². The van der Waals surface area contributed by atoms with E-state index in [9.17, 15) is 0 Å². The normalized spacial score (nSPS) is 12.7. The van der Waals surface area contributed by atoms with Gasteiger partial charge in [-0.2, -0.15) is 0 Å². The van der Waals surface area contributed by atoms with Gasteiger partial charge >= 0.3 is 0 Å². The predicted molar refractivity (Wildman–Crippen MR) is 66.8 cm³/mol. The maximum Gasteiger partial charge on any atom is 0.169 e. The summed E-state index contributed by atoms with van der Waals surface area (Å²) in [6, 6.07) is 11.8. The van der Waals surface area contributed by atoms with Crippen LogP contribution in [0.5, 0.6) is 0 Å². The Morgan fingerprint density at radius 1 is 1.31 bits per heavy atom. The van der Waals surface area contributed by atoms with Crippen molar-refractivity contribution in [3.8, 4) is 0 Å². The summed E-state index contributed by atoms with van der Waals surface area (Å²) in [4.78, 5) is 0. The average molecular weight is 281 g/mol. The Balaban J connectivity index is 2.36. The molecule has 1 aromatic carbocycles. The number of aryl methyl sites for hydroxylation is 1. The summed E-state index contributed by atoms with van der Waals surface area (Å²) in [5.74, 6) is 6.36. The number of nitrogens with two attached hydrogens (primary N) is 1. The van der Waals surface area contributed by atoms with Gasteiger partial charge in [0.25, 0.3) is 0 Å². The Labute approximate surface area is 103 Å². The van der Waals surface area contributed by atoms with E-state index in [1.165, 1.54) is 5.56 Å². The van der Waals surface area contributed by atoms with Crippen molar-refractivity contribution in [2.75, 3.05) is 0 Å². The first-order valence-electron chi connectivity index (χ1n) is 4.98. The quantitative estimate of drug-likeness (QED) is 0.672. The number of furan rings is 1. The van der Waals surface area contributed by atoms with E-state index < -0.39 is 0 Å². The molecule has 0 radical (unpaired) electrons. The van der Waals surface area contributed by atoms with Gasteiger partial charge in [0.15, 0.2) is 4.67 Å². The summed E-state index contributed by atoms with van der Waals surface area (Å²) in [7, 11) is 0. The van der Waals surface area contributed by atoms with Gasteiger partial charge in [-0.15, -0.1) is 0 Å². The molecule has 1 heterocycles. The molecule has 0 aliphatic carbocycles. The van der Waals surface area contributed by atoms with Gasteiger partial charge in [-0.25, -0.2) is 5.43 Å². The average Bonchev–Trinajstić information content (AvgIpc) is 2.66. The second-order valence-electron chi connectivity index (χ2n) is 3.66. The zero-order valence-corrected chi connectivity index (χ0v) is 10.5. The number of benzene rings is 1. The molecule has 1 unspecified atom stereocenters. The Kier molecular flexibility index (Phi) is 3.43. The Morgan fingerprint density at radius 3 is 2.69 bits per heavy atom. The Hall–Kier alpha value is -1.10. The molecular formula is C12H13BrN2O. The number of nitrogens with one attached hydrogen (secondary N) is 1. The minimum absolute atomic E-state index is 0.119. The van der Waals surface area contributed by atoms with Gasteiger partial charge in [-0.3, -0.25) is 5.84 Å². The summed E-state index contributed by atoms with van der Waals surface area (Å²) < 4.78 is 6.21. The van der Waals surface area contributed by atoms with Gasteiger partial charge in [0.05, 0.1) is 0 Å². The third-order valence-electron chi connectivity index (χ3n) is 2.42. The van der Waals surface area contributed by atoms with Crippen LogP contribution in [0.3, 0.4) is 0 Å². The number of rotatable bonds is 3. The van der Waals surface area contributed by atoms with Crippen LogP contribution in [0.25, 0.3) is 0 Å². The molecular weight excluding hydrogens is 268 g/mol. The lowest BCUT2D eigenvalue weighted by Gasteiger charge is -2.14. The number of hydrogen-bond donors (Lipinski definition) is 2. The monoisotopic (exact) mass is 280 g/mol. The van der Waals surface area contributed by atoms with Gasteiger partial charge in [-0.1, -0.05) is 29.8 Å². The van der Waals surface area contributed by atoms with E-state index in [4.69, 9.17) is 10.3 Å². The molecule has 3 nitrogen and oxygen atoms in total. The van der Waals surface area contributed by atoms with Crippen molar-refractivity contribution in [1.82, 2.24) is 5.43 Å². The van der Waals surface area contributed by atoms with E-state index in [2.05, 4.69) is 40.4 Å². The van der Waals surface area contributed by atoms with Crippen LogP contribution in [0, 0.1) is 6.92 Å². The lowest BCUT2D eigenvalue weighted by molar-refractivity contribution is 0.437. The minimum atomic E-state index is -0.119. The predicted octanol–water partition coefficient (Wildman–Crippen LogP) is 2.90. The minimum Gasteiger partial charge on any atom is -0.452 e. The zero-order chi connectivity index (χ0) is 11.5. The highest BCUT2D eigenvalue weighted by Crippen LogP contribution is 2.25. The molecule has 4 heteroatoms. The van der Waals surface area contributed by atoms with Gasteiger partial charge < -0.3 is 4.42 Å². The molecule has 1 aromatic heterocycles. The topological polar surface area (TPSA) is 51.2 Å². The fourth-order valence-electron chi connectivity index (χ4n) is 1.68. The van der Waals surface area contributed by atoms with Crippen molar-refractivity contribution in [3.05, 3.63) is 58.0 Å². The van der Waals surface area contributed by atoms with E-state index in [0.717, 1.165) is 11.3 Å². The highest BCUT2D eigenvalue weighted by atomic mass is 79.9. The van der Waals surface area contributed by atoms with Crippen LogP contribution in [0.4, 0.5) is 0 Å². The lowest BCUT2D eigenvalue weighted by atomic mass is 10.0. The molecule has 0 aliphatic heterocycles. The number of hydrazine groups is 1. The molecule has 3 N–H and O–H groups in total. The first-order valence-corrected chi connectivity index (χ1v) is 5.78. The second kappa shape index (κ2) is 4.82. The Bertz CT molecular complexity index is 481. The number of hydrogen-bond acceptors (Lipinski definition) is 3. The summed E-state index contributed by atoms with van der Waals surface area (Å²) >= 11 is 3.28. The molecule has 2 rings (SSSR count). The highest BCUT2D eigenvalue weighted by molar-refractivity contribution is 9.10. The summed E-state index contributed by atoms with van der Waals surface area (Å²) in [5.41, 5.74) is 5.05. The molecule has 1 atom stereocenters. The maximum atomic E-state index is 5.57. The molecule has 16 heavy (non-hydrogen) atoms. The van der Waals surface area contributed by atoms with Crippen molar-refractivity contribution >= 4 is 15.9 Å². The van der Waals surface area contributed by atoms with E-state index in [0.29, 0.717) is 4.67 Å². The van der Waals surface area contributed by atoms with E-state index in [1.54, 1.807) is 0 Å². The van der Waals surface area contributed by atoms with Crippen molar-refractivity contribution in [1.29, 1.82) is 0 Å². The molecule has 0 bridgehead atoms. The largest absolute Gasteiger partial charge is 0.452 e.